The summed E-state index contributed by atoms with van der Waals surface area (Å²) < 4.78 is 0. The molecule has 1 aliphatic carbocycles. The molecule has 0 aromatic heterocycles. The number of hydrogen-bond acceptors (Lipinski definition) is 0. The van der Waals surface area contributed by atoms with Gasteiger partial charge in [0.05, 0.1) is 0 Å². The van der Waals surface area contributed by atoms with E-state index in [0.717, 1.165) is 6.42 Å². The van der Waals surface area contributed by atoms with E-state index in [4.69, 9.17) is 0 Å². The number of rotatable bonds is 0. The van der Waals surface area contributed by atoms with E-state index in [9.17, 15) is 0 Å². The SMILES string of the molecule is CC1=CC(C)=C(C)C=CC1. The van der Waals surface area contributed by atoms with E-state index in [1.54, 1.807) is 0 Å². The summed E-state index contributed by atoms with van der Waals surface area (Å²) in [6.45, 7) is 6.49. The molecule has 0 atom stereocenters. The second-order valence-electron chi connectivity index (χ2n) is 2.96. The van der Waals surface area contributed by atoms with E-state index < -0.39 is 0 Å². The first-order valence-electron chi connectivity index (χ1n) is 3.71. The molecule has 10 heavy (non-hydrogen) atoms. The van der Waals surface area contributed by atoms with Crippen LogP contribution in [0.25, 0.3) is 0 Å². The van der Waals surface area contributed by atoms with E-state index in [1.807, 2.05) is 0 Å². The molecular formula is C10H14. The van der Waals surface area contributed by atoms with Gasteiger partial charge in [-0.1, -0.05) is 23.8 Å². The van der Waals surface area contributed by atoms with Crippen molar-refractivity contribution < 1.29 is 0 Å². The molecule has 0 fully saturated rings. The Balaban J connectivity index is 2.98. The predicted octanol–water partition coefficient (Wildman–Crippen LogP) is 3.23. The van der Waals surface area contributed by atoms with Crippen LogP contribution in [0.3, 0.4) is 0 Å². The molecule has 0 heteroatoms. The summed E-state index contributed by atoms with van der Waals surface area (Å²) in [5, 5.41) is 0. The van der Waals surface area contributed by atoms with E-state index in [2.05, 4.69) is 39.0 Å². The molecule has 0 saturated heterocycles. The smallest absolute Gasteiger partial charge is 0.0135 e. The maximum absolute atomic E-state index is 2.26. The van der Waals surface area contributed by atoms with Crippen LogP contribution in [0.15, 0.2) is 34.9 Å². The van der Waals surface area contributed by atoms with Gasteiger partial charge in [-0.15, -0.1) is 0 Å². The van der Waals surface area contributed by atoms with E-state index in [1.165, 1.54) is 16.7 Å². The second kappa shape index (κ2) is 2.87. The van der Waals surface area contributed by atoms with Gasteiger partial charge in [-0.25, -0.2) is 0 Å². The molecule has 54 valence electrons. The summed E-state index contributed by atoms with van der Waals surface area (Å²) in [4.78, 5) is 0. The van der Waals surface area contributed by atoms with Crippen molar-refractivity contribution >= 4 is 0 Å². The fourth-order valence-electron chi connectivity index (χ4n) is 1.10. The van der Waals surface area contributed by atoms with Gasteiger partial charge in [-0.2, -0.15) is 0 Å². The topological polar surface area (TPSA) is 0 Å². The van der Waals surface area contributed by atoms with Gasteiger partial charge in [-0.05, 0) is 38.3 Å². The van der Waals surface area contributed by atoms with Crippen molar-refractivity contribution in [3.8, 4) is 0 Å². The van der Waals surface area contributed by atoms with Gasteiger partial charge >= 0.3 is 0 Å². The Morgan fingerprint density at radius 1 is 1.10 bits per heavy atom. The van der Waals surface area contributed by atoms with Gasteiger partial charge in [0.25, 0.3) is 0 Å². The lowest BCUT2D eigenvalue weighted by Crippen LogP contribution is -1.74. The van der Waals surface area contributed by atoms with Crippen LogP contribution in [0, 0.1) is 0 Å². The highest BCUT2D eigenvalue weighted by Crippen LogP contribution is 2.15. The third-order valence-corrected chi connectivity index (χ3v) is 1.89. The minimum Gasteiger partial charge on any atom is -0.0802 e. The average molecular weight is 134 g/mol. The zero-order valence-corrected chi connectivity index (χ0v) is 6.94. The maximum atomic E-state index is 2.26. The van der Waals surface area contributed by atoms with Gasteiger partial charge in [0.2, 0.25) is 0 Å². The van der Waals surface area contributed by atoms with E-state index in [0.29, 0.717) is 0 Å². The minimum absolute atomic E-state index is 1.11. The predicted molar refractivity (Wildman–Crippen MR) is 45.9 cm³/mol. The third-order valence-electron chi connectivity index (χ3n) is 1.89. The monoisotopic (exact) mass is 134 g/mol. The Labute approximate surface area is 62.9 Å². The van der Waals surface area contributed by atoms with Crippen LogP contribution < -0.4 is 0 Å². The highest BCUT2D eigenvalue weighted by Gasteiger charge is 1.95. The Morgan fingerprint density at radius 3 is 2.50 bits per heavy atom. The Hall–Kier alpha value is -0.780. The van der Waals surface area contributed by atoms with Gasteiger partial charge in [-0.3, -0.25) is 0 Å². The highest BCUT2D eigenvalue weighted by atomic mass is 14.0. The molecular weight excluding hydrogens is 120 g/mol. The molecule has 0 unspecified atom stereocenters. The number of hydrogen-bond donors (Lipinski definition) is 0. The standard InChI is InChI=1S/C10H14/c1-8-5-4-6-9(2)10(3)7-8/h4,6-7H,5H2,1-3H3. The van der Waals surface area contributed by atoms with Gasteiger partial charge in [0, 0.05) is 0 Å². The molecule has 0 N–H and O–H groups in total. The largest absolute Gasteiger partial charge is 0.0802 e. The van der Waals surface area contributed by atoms with Crippen LogP contribution in [0.2, 0.25) is 0 Å². The summed E-state index contributed by atoms with van der Waals surface area (Å²) in [6.07, 6.45) is 7.78. The number of allylic oxidation sites excluding steroid dienone is 6. The lowest BCUT2D eigenvalue weighted by Gasteiger charge is -1.94. The summed E-state index contributed by atoms with van der Waals surface area (Å²) in [6, 6.07) is 0. The normalized spacial score (nSPS) is 18.9. The molecule has 0 aliphatic heterocycles. The molecule has 0 bridgehead atoms. The zero-order chi connectivity index (χ0) is 7.56. The fraction of sp³-hybridized carbons (Fsp3) is 0.400. The summed E-state index contributed by atoms with van der Waals surface area (Å²) in [5.74, 6) is 0. The Kier molecular flexibility index (Phi) is 2.10. The molecule has 0 aromatic rings. The fourth-order valence-corrected chi connectivity index (χ4v) is 1.10. The van der Waals surface area contributed by atoms with Crippen molar-refractivity contribution in [3.63, 3.8) is 0 Å². The maximum Gasteiger partial charge on any atom is -0.0135 e. The quantitative estimate of drug-likeness (QED) is 0.477. The second-order valence-corrected chi connectivity index (χ2v) is 2.96. The van der Waals surface area contributed by atoms with Crippen LogP contribution in [0.4, 0.5) is 0 Å². The Morgan fingerprint density at radius 2 is 1.80 bits per heavy atom. The van der Waals surface area contributed by atoms with Crippen LogP contribution in [-0.4, -0.2) is 0 Å². The van der Waals surface area contributed by atoms with Gasteiger partial charge in [0.15, 0.2) is 0 Å². The lowest BCUT2D eigenvalue weighted by atomic mass is 10.1. The summed E-state index contributed by atoms with van der Waals surface area (Å²) >= 11 is 0. The van der Waals surface area contributed by atoms with Crippen molar-refractivity contribution in [1.82, 2.24) is 0 Å². The molecule has 0 nitrogen and oxygen atoms in total. The molecule has 1 rings (SSSR count). The van der Waals surface area contributed by atoms with Gasteiger partial charge in [0.1, 0.15) is 0 Å². The molecule has 0 saturated carbocycles. The Bertz CT molecular complexity index is 214. The van der Waals surface area contributed by atoms with Crippen LogP contribution >= 0.6 is 0 Å². The molecule has 0 aromatic carbocycles. The van der Waals surface area contributed by atoms with Crippen LogP contribution in [-0.2, 0) is 0 Å². The van der Waals surface area contributed by atoms with Crippen molar-refractivity contribution in [2.75, 3.05) is 0 Å². The molecule has 0 spiro atoms. The zero-order valence-electron chi connectivity index (χ0n) is 6.94. The first-order chi connectivity index (χ1) is 4.70. The average Bonchev–Trinajstić information content (AvgIpc) is 1.96. The highest BCUT2D eigenvalue weighted by molar-refractivity contribution is 5.35. The van der Waals surface area contributed by atoms with Crippen LogP contribution in [0.1, 0.15) is 27.2 Å². The molecule has 0 radical (unpaired) electrons. The summed E-state index contributed by atoms with van der Waals surface area (Å²) in [7, 11) is 0. The van der Waals surface area contributed by atoms with Crippen molar-refractivity contribution in [3.05, 3.63) is 34.9 Å². The summed E-state index contributed by atoms with van der Waals surface area (Å²) in [5.41, 5.74) is 4.23. The van der Waals surface area contributed by atoms with E-state index >= 15 is 0 Å². The molecule has 0 heterocycles. The van der Waals surface area contributed by atoms with Crippen molar-refractivity contribution in [2.24, 2.45) is 0 Å². The molecule has 1 aliphatic rings. The first kappa shape index (κ1) is 7.33. The van der Waals surface area contributed by atoms with Crippen molar-refractivity contribution in [1.29, 1.82) is 0 Å². The van der Waals surface area contributed by atoms with Gasteiger partial charge < -0.3 is 0 Å². The lowest BCUT2D eigenvalue weighted by molar-refractivity contribution is 1.21. The van der Waals surface area contributed by atoms with Crippen LogP contribution in [0.5, 0.6) is 0 Å². The first-order valence-corrected chi connectivity index (χ1v) is 3.71. The molecule has 0 amide bonds. The third kappa shape index (κ3) is 1.60. The minimum atomic E-state index is 1.11. The van der Waals surface area contributed by atoms with E-state index in [-0.39, 0.29) is 0 Å². The van der Waals surface area contributed by atoms with Crippen molar-refractivity contribution in [2.45, 2.75) is 27.2 Å².